The molecule has 6 heteroatoms. The molecule has 4 nitrogen and oxygen atoms in total. The summed E-state index contributed by atoms with van der Waals surface area (Å²) in [4.78, 5) is 17.9. The molecule has 0 aliphatic carbocycles. The molecular formula is C20H19ClN2O2S. The lowest BCUT2D eigenvalue weighted by Gasteiger charge is -2.15. The lowest BCUT2D eigenvalue weighted by molar-refractivity contribution is 0.129. The Kier molecular flexibility index (Phi) is 5.02. The van der Waals surface area contributed by atoms with Crippen molar-refractivity contribution in [1.29, 1.82) is 0 Å². The average Bonchev–Trinajstić information content (AvgIpc) is 3.14. The number of nitrogens with zero attached hydrogens (tertiary/aromatic N) is 2. The van der Waals surface area contributed by atoms with Crippen molar-refractivity contribution >= 4 is 34.3 Å². The minimum atomic E-state index is -0.0784. The number of benzene rings is 2. The largest absolute Gasteiger partial charge is 0.377 e. The fourth-order valence-electron chi connectivity index (χ4n) is 3.10. The maximum Gasteiger partial charge on any atom is 0.266 e. The van der Waals surface area contributed by atoms with Crippen LogP contribution in [0.25, 0.3) is 16.6 Å². The van der Waals surface area contributed by atoms with Crippen LogP contribution in [0.4, 0.5) is 0 Å². The van der Waals surface area contributed by atoms with E-state index in [1.54, 1.807) is 34.5 Å². The Bertz CT molecular complexity index is 995. The van der Waals surface area contributed by atoms with Crippen LogP contribution in [0.15, 0.2) is 52.4 Å². The highest BCUT2D eigenvalue weighted by Crippen LogP contribution is 2.26. The number of hydrogen-bond acceptors (Lipinski definition) is 4. The molecule has 2 heterocycles. The highest BCUT2D eigenvalue weighted by molar-refractivity contribution is 7.99. The zero-order chi connectivity index (χ0) is 18.1. The average molecular weight is 387 g/mol. The number of aromatic nitrogens is 2. The Morgan fingerprint density at radius 2 is 2.08 bits per heavy atom. The van der Waals surface area contributed by atoms with E-state index in [9.17, 15) is 4.79 Å². The molecule has 0 unspecified atom stereocenters. The predicted molar refractivity (Wildman–Crippen MR) is 107 cm³/mol. The lowest BCUT2D eigenvalue weighted by Crippen LogP contribution is -2.22. The van der Waals surface area contributed by atoms with Gasteiger partial charge in [-0.15, -0.1) is 0 Å². The van der Waals surface area contributed by atoms with E-state index >= 15 is 0 Å². The molecule has 0 spiro atoms. The second kappa shape index (κ2) is 7.43. The van der Waals surface area contributed by atoms with Gasteiger partial charge in [0.2, 0.25) is 0 Å². The van der Waals surface area contributed by atoms with E-state index in [2.05, 4.69) is 0 Å². The van der Waals surface area contributed by atoms with E-state index < -0.39 is 0 Å². The summed E-state index contributed by atoms with van der Waals surface area (Å²) in [7, 11) is 0. The molecule has 4 rings (SSSR count). The van der Waals surface area contributed by atoms with Gasteiger partial charge in [-0.1, -0.05) is 41.1 Å². The van der Waals surface area contributed by atoms with Crippen LogP contribution >= 0.6 is 23.4 Å². The van der Waals surface area contributed by atoms with Crippen molar-refractivity contribution in [3.8, 4) is 5.69 Å². The van der Waals surface area contributed by atoms with Crippen molar-refractivity contribution in [2.75, 3.05) is 12.4 Å². The molecule has 1 aromatic heterocycles. The Hall–Kier alpha value is -1.82. The molecule has 0 radical (unpaired) electrons. The SMILES string of the molecule is Cc1ccc(-n2c(SC[C@H]3CCCO3)nc3cc(Cl)ccc3c2=O)cc1. The van der Waals surface area contributed by atoms with E-state index in [4.69, 9.17) is 21.3 Å². The van der Waals surface area contributed by atoms with Crippen LogP contribution in [0.1, 0.15) is 18.4 Å². The summed E-state index contributed by atoms with van der Waals surface area (Å²) in [5.74, 6) is 0.782. The van der Waals surface area contributed by atoms with Crippen molar-refractivity contribution in [1.82, 2.24) is 9.55 Å². The fourth-order valence-corrected chi connectivity index (χ4v) is 4.34. The monoisotopic (exact) mass is 386 g/mol. The van der Waals surface area contributed by atoms with Crippen LogP contribution in [0.3, 0.4) is 0 Å². The van der Waals surface area contributed by atoms with Gasteiger partial charge in [0.25, 0.3) is 5.56 Å². The first-order chi connectivity index (χ1) is 12.6. The van der Waals surface area contributed by atoms with Gasteiger partial charge in [-0.25, -0.2) is 4.98 Å². The summed E-state index contributed by atoms with van der Waals surface area (Å²) in [6, 6.07) is 13.1. The molecular weight excluding hydrogens is 368 g/mol. The molecule has 134 valence electrons. The maximum atomic E-state index is 13.2. The number of hydrogen-bond donors (Lipinski definition) is 0. The van der Waals surface area contributed by atoms with Crippen LogP contribution in [-0.4, -0.2) is 28.0 Å². The van der Waals surface area contributed by atoms with Crippen LogP contribution in [0.5, 0.6) is 0 Å². The van der Waals surface area contributed by atoms with Gasteiger partial charge in [-0.2, -0.15) is 0 Å². The Balaban J connectivity index is 1.83. The first-order valence-electron chi connectivity index (χ1n) is 8.65. The molecule has 2 aromatic carbocycles. The Labute approximate surface area is 161 Å². The zero-order valence-corrected chi connectivity index (χ0v) is 16.0. The second-order valence-electron chi connectivity index (χ2n) is 6.48. The third kappa shape index (κ3) is 3.52. The molecule has 1 saturated heterocycles. The molecule has 1 atom stereocenters. The standard InChI is InChI=1S/C20H19ClN2O2S/c1-13-4-7-15(8-5-13)23-19(24)17-9-6-14(21)11-18(17)22-20(23)26-12-16-3-2-10-25-16/h4-9,11,16H,2-3,10,12H2,1H3/t16-/m1/s1. The third-order valence-corrected chi connectivity index (χ3v) is 5.82. The van der Waals surface area contributed by atoms with E-state index in [-0.39, 0.29) is 11.7 Å². The summed E-state index contributed by atoms with van der Waals surface area (Å²) in [5.41, 5.74) is 2.52. The first kappa shape index (κ1) is 17.6. The molecule has 0 saturated carbocycles. The number of rotatable bonds is 4. The van der Waals surface area contributed by atoms with E-state index in [0.29, 0.717) is 21.1 Å². The van der Waals surface area contributed by atoms with Gasteiger partial charge in [0, 0.05) is 17.4 Å². The van der Waals surface area contributed by atoms with Gasteiger partial charge < -0.3 is 4.74 Å². The molecule has 0 N–H and O–H groups in total. The van der Waals surface area contributed by atoms with E-state index in [1.165, 1.54) is 0 Å². The predicted octanol–water partition coefficient (Wildman–Crippen LogP) is 4.62. The zero-order valence-electron chi connectivity index (χ0n) is 14.4. The fraction of sp³-hybridized carbons (Fsp3) is 0.300. The normalized spacial score (nSPS) is 17.1. The van der Waals surface area contributed by atoms with E-state index in [1.807, 2.05) is 31.2 Å². The number of aryl methyl sites for hydroxylation is 1. The minimum absolute atomic E-state index is 0.0784. The van der Waals surface area contributed by atoms with Crippen molar-refractivity contribution in [2.24, 2.45) is 0 Å². The van der Waals surface area contributed by atoms with Crippen LogP contribution in [0, 0.1) is 6.92 Å². The number of fused-ring (bicyclic) bond motifs is 1. The molecule has 1 aliphatic heterocycles. The van der Waals surface area contributed by atoms with Crippen molar-refractivity contribution in [3.05, 3.63) is 63.4 Å². The molecule has 0 amide bonds. The van der Waals surface area contributed by atoms with Crippen molar-refractivity contribution in [2.45, 2.75) is 31.0 Å². The molecule has 1 fully saturated rings. The summed E-state index contributed by atoms with van der Waals surface area (Å²) in [5, 5.41) is 1.81. The Morgan fingerprint density at radius 3 is 2.81 bits per heavy atom. The van der Waals surface area contributed by atoms with Gasteiger partial charge >= 0.3 is 0 Å². The minimum Gasteiger partial charge on any atom is -0.377 e. The Morgan fingerprint density at radius 1 is 1.27 bits per heavy atom. The van der Waals surface area contributed by atoms with Crippen LogP contribution in [0.2, 0.25) is 5.02 Å². The number of ether oxygens (including phenoxy) is 1. The highest BCUT2D eigenvalue weighted by atomic mass is 35.5. The van der Waals surface area contributed by atoms with E-state index in [0.717, 1.165) is 36.5 Å². The van der Waals surface area contributed by atoms with Crippen LogP contribution < -0.4 is 5.56 Å². The number of halogens is 1. The molecule has 3 aromatic rings. The van der Waals surface area contributed by atoms with Gasteiger partial charge in [0.05, 0.1) is 22.7 Å². The summed E-state index contributed by atoms with van der Waals surface area (Å²) >= 11 is 7.66. The van der Waals surface area contributed by atoms with Gasteiger partial charge in [-0.05, 0) is 50.1 Å². The lowest BCUT2D eigenvalue weighted by atomic mass is 10.2. The molecule has 1 aliphatic rings. The first-order valence-corrected chi connectivity index (χ1v) is 10.0. The van der Waals surface area contributed by atoms with Crippen molar-refractivity contribution < 1.29 is 4.74 Å². The summed E-state index contributed by atoms with van der Waals surface area (Å²) in [6.45, 7) is 2.84. The summed E-state index contributed by atoms with van der Waals surface area (Å²) in [6.07, 6.45) is 2.37. The van der Waals surface area contributed by atoms with Gasteiger partial charge in [0.1, 0.15) is 0 Å². The van der Waals surface area contributed by atoms with Crippen molar-refractivity contribution in [3.63, 3.8) is 0 Å². The van der Waals surface area contributed by atoms with Gasteiger partial charge in [0.15, 0.2) is 5.16 Å². The quantitative estimate of drug-likeness (QED) is 0.484. The second-order valence-corrected chi connectivity index (χ2v) is 7.90. The third-order valence-electron chi connectivity index (χ3n) is 4.52. The topological polar surface area (TPSA) is 44.1 Å². The van der Waals surface area contributed by atoms with Crippen LogP contribution in [-0.2, 0) is 4.74 Å². The molecule has 26 heavy (non-hydrogen) atoms. The highest BCUT2D eigenvalue weighted by Gasteiger charge is 2.19. The van der Waals surface area contributed by atoms with Gasteiger partial charge in [-0.3, -0.25) is 9.36 Å². The summed E-state index contributed by atoms with van der Waals surface area (Å²) < 4.78 is 7.41. The number of thioether (sulfide) groups is 1. The maximum absolute atomic E-state index is 13.2. The molecule has 0 bridgehead atoms. The smallest absolute Gasteiger partial charge is 0.266 e.